The molecule has 6 heteroatoms. The van der Waals surface area contributed by atoms with E-state index in [-0.39, 0.29) is 23.9 Å². The summed E-state index contributed by atoms with van der Waals surface area (Å²) in [5, 5.41) is 9.26. The second kappa shape index (κ2) is 10.2. The predicted octanol–water partition coefficient (Wildman–Crippen LogP) is 5.24. The van der Waals surface area contributed by atoms with Crippen LogP contribution in [0.3, 0.4) is 0 Å². The molecular formula is C25H23NO5. The zero-order chi connectivity index (χ0) is 22.2. The second-order valence-corrected chi connectivity index (χ2v) is 6.98. The maximum atomic E-state index is 12.4. The lowest BCUT2D eigenvalue weighted by molar-refractivity contribution is -0.134. The highest BCUT2D eigenvalue weighted by Gasteiger charge is 2.15. The Morgan fingerprint density at radius 1 is 1.00 bits per heavy atom. The molecule has 0 radical (unpaired) electrons. The van der Waals surface area contributed by atoms with E-state index in [4.69, 9.17) is 9.47 Å². The van der Waals surface area contributed by atoms with Crippen LogP contribution < -0.4 is 9.47 Å². The maximum Gasteiger partial charge on any atom is 0.337 e. The molecule has 0 aromatic heterocycles. The molecular weight excluding hydrogens is 394 g/mol. The summed E-state index contributed by atoms with van der Waals surface area (Å²) in [6.45, 7) is 1.97. The third kappa shape index (κ3) is 5.79. The Morgan fingerprint density at radius 2 is 1.71 bits per heavy atom. The number of nitrogens with zero attached hydrogens (tertiary/aromatic N) is 1. The minimum atomic E-state index is -1.04. The molecule has 0 spiro atoms. The average Bonchev–Trinajstić information content (AvgIpc) is 2.79. The van der Waals surface area contributed by atoms with Gasteiger partial charge in [0.25, 0.3) is 0 Å². The molecule has 3 aromatic carbocycles. The van der Waals surface area contributed by atoms with Crippen LogP contribution in [0, 0.1) is 0 Å². The first-order valence-corrected chi connectivity index (χ1v) is 9.78. The Balaban J connectivity index is 1.71. The Hall–Kier alpha value is -3.93. The molecule has 0 saturated heterocycles. The number of rotatable bonds is 8. The van der Waals surface area contributed by atoms with Crippen LogP contribution in [0.25, 0.3) is 0 Å². The third-order valence-corrected chi connectivity index (χ3v) is 4.74. The van der Waals surface area contributed by atoms with E-state index in [0.29, 0.717) is 22.7 Å². The summed E-state index contributed by atoms with van der Waals surface area (Å²) in [7, 11) is 1.49. The van der Waals surface area contributed by atoms with Crippen molar-refractivity contribution in [1.29, 1.82) is 0 Å². The number of aromatic carboxylic acids is 1. The van der Waals surface area contributed by atoms with Gasteiger partial charge in [-0.05, 0) is 47.4 Å². The number of hydrogen-bond acceptors (Lipinski definition) is 5. The van der Waals surface area contributed by atoms with Crippen LogP contribution in [0.2, 0.25) is 0 Å². The van der Waals surface area contributed by atoms with Crippen molar-refractivity contribution in [2.45, 2.75) is 19.3 Å². The quantitative estimate of drug-likeness (QED) is 0.308. The van der Waals surface area contributed by atoms with Crippen molar-refractivity contribution in [2.75, 3.05) is 7.11 Å². The van der Waals surface area contributed by atoms with Gasteiger partial charge >= 0.3 is 11.9 Å². The van der Waals surface area contributed by atoms with Crippen LogP contribution in [-0.2, 0) is 4.79 Å². The maximum absolute atomic E-state index is 12.4. The zero-order valence-electron chi connectivity index (χ0n) is 17.3. The number of methoxy groups -OCH3 is 1. The van der Waals surface area contributed by atoms with Crippen LogP contribution in [0.15, 0.2) is 77.8 Å². The number of carboxylic acids is 1. The van der Waals surface area contributed by atoms with Gasteiger partial charge in [-0.1, -0.05) is 49.4 Å². The van der Waals surface area contributed by atoms with Crippen molar-refractivity contribution < 1.29 is 24.2 Å². The Morgan fingerprint density at radius 3 is 2.42 bits per heavy atom. The van der Waals surface area contributed by atoms with Gasteiger partial charge in [0.05, 0.1) is 24.8 Å². The molecule has 0 aliphatic carbocycles. The Kier molecular flexibility index (Phi) is 7.17. The Labute approximate surface area is 180 Å². The van der Waals surface area contributed by atoms with E-state index in [0.717, 1.165) is 5.56 Å². The molecule has 31 heavy (non-hydrogen) atoms. The molecule has 1 atom stereocenters. The summed E-state index contributed by atoms with van der Waals surface area (Å²) in [5.41, 5.74) is 2.21. The van der Waals surface area contributed by atoms with Crippen molar-refractivity contribution in [2.24, 2.45) is 4.99 Å². The van der Waals surface area contributed by atoms with Crippen LogP contribution >= 0.6 is 0 Å². The minimum Gasteiger partial charge on any atom is -0.493 e. The van der Waals surface area contributed by atoms with Gasteiger partial charge in [0.2, 0.25) is 0 Å². The third-order valence-electron chi connectivity index (χ3n) is 4.74. The highest BCUT2D eigenvalue weighted by Crippen LogP contribution is 2.29. The lowest BCUT2D eigenvalue weighted by Crippen LogP contribution is -2.12. The molecule has 3 aromatic rings. The Bertz CT molecular complexity index is 1090. The number of carboxylic acid groups (broad SMARTS) is 1. The van der Waals surface area contributed by atoms with Gasteiger partial charge in [-0.2, -0.15) is 0 Å². The smallest absolute Gasteiger partial charge is 0.337 e. The van der Waals surface area contributed by atoms with Gasteiger partial charge in [0, 0.05) is 6.21 Å². The zero-order valence-corrected chi connectivity index (χ0v) is 17.3. The highest BCUT2D eigenvalue weighted by atomic mass is 16.6. The summed E-state index contributed by atoms with van der Waals surface area (Å²) in [6.07, 6.45) is 1.77. The predicted molar refractivity (Wildman–Crippen MR) is 119 cm³/mol. The second-order valence-electron chi connectivity index (χ2n) is 6.98. The molecule has 0 aliphatic heterocycles. The molecule has 0 aliphatic rings. The number of ether oxygens (including phenoxy) is 2. The van der Waals surface area contributed by atoms with E-state index in [9.17, 15) is 14.7 Å². The topological polar surface area (TPSA) is 85.2 Å². The number of esters is 1. The summed E-state index contributed by atoms with van der Waals surface area (Å²) >= 11 is 0. The molecule has 0 heterocycles. The largest absolute Gasteiger partial charge is 0.493 e. The van der Waals surface area contributed by atoms with Crippen LogP contribution in [0.1, 0.15) is 40.7 Å². The van der Waals surface area contributed by atoms with E-state index < -0.39 is 5.97 Å². The minimum absolute atomic E-state index is 0.0282. The van der Waals surface area contributed by atoms with Crippen molar-refractivity contribution in [3.8, 4) is 11.5 Å². The first kappa shape index (κ1) is 21.8. The summed E-state index contributed by atoms with van der Waals surface area (Å²) in [4.78, 5) is 28.0. The van der Waals surface area contributed by atoms with E-state index >= 15 is 0 Å². The van der Waals surface area contributed by atoms with Crippen molar-refractivity contribution in [3.63, 3.8) is 0 Å². The van der Waals surface area contributed by atoms with Crippen molar-refractivity contribution in [3.05, 3.63) is 89.5 Å². The van der Waals surface area contributed by atoms with Gasteiger partial charge in [-0.15, -0.1) is 0 Å². The number of aliphatic imine (C=N–C) groups is 1. The highest BCUT2D eigenvalue weighted by molar-refractivity contribution is 5.95. The van der Waals surface area contributed by atoms with Crippen LogP contribution in [-0.4, -0.2) is 30.4 Å². The number of carbonyl (C=O) groups excluding carboxylic acids is 1. The number of carbonyl (C=O) groups is 2. The molecule has 0 bridgehead atoms. The average molecular weight is 417 g/mol. The standard InChI is InChI=1S/C25H23NO5/c1-17(19-8-4-3-5-9-19)14-24(27)31-22-13-12-18(15-23(22)30-2)16-26-21-11-7-6-10-20(21)25(28)29/h3-13,15-17H,14H2,1-2H3,(H,28,29). The molecule has 1 N–H and O–H groups in total. The van der Waals surface area contributed by atoms with Gasteiger partial charge in [-0.3, -0.25) is 9.79 Å². The van der Waals surface area contributed by atoms with Crippen LogP contribution in [0.5, 0.6) is 11.5 Å². The normalized spacial score (nSPS) is 11.8. The summed E-state index contributed by atoms with van der Waals surface area (Å²) < 4.78 is 10.9. The molecule has 158 valence electrons. The number of benzene rings is 3. The summed E-state index contributed by atoms with van der Waals surface area (Å²) in [6, 6.07) is 21.3. The van der Waals surface area contributed by atoms with E-state index in [1.54, 1.807) is 36.4 Å². The lowest BCUT2D eigenvalue weighted by atomic mass is 9.98. The van der Waals surface area contributed by atoms with Gasteiger partial charge in [0.15, 0.2) is 11.5 Å². The number of para-hydroxylation sites is 1. The molecule has 0 amide bonds. The molecule has 1 unspecified atom stereocenters. The fourth-order valence-corrected chi connectivity index (χ4v) is 3.07. The van der Waals surface area contributed by atoms with E-state index in [2.05, 4.69) is 4.99 Å². The van der Waals surface area contributed by atoms with Crippen LogP contribution in [0.4, 0.5) is 5.69 Å². The van der Waals surface area contributed by atoms with Gasteiger partial charge < -0.3 is 14.6 Å². The van der Waals surface area contributed by atoms with Gasteiger partial charge in [-0.25, -0.2) is 4.79 Å². The fraction of sp³-hybridized carbons (Fsp3) is 0.160. The first-order chi connectivity index (χ1) is 15.0. The molecule has 0 saturated carbocycles. The van der Waals surface area contributed by atoms with E-state index in [1.165, 1.54) is 19.4 Å². The lowest BCUT2D eigenvalue weighted by Gasteiger charge is -2.13. The van der Waals surface area contributed by atoms with Crippen molar-refractivity contribution in [1.82, 2.24) is 0 Å². The monoisotopic (exact) mass is 417 g/mol. The fourth-order valence-electron chi connectivity index (χ4n) is 3.07. The summed E-state index contributed by atoms with van der Waals surface area (Å²) in [5.74, 6) is -0.670. The first-order valence-electron chi connectivity index (χ1n) is 9.78. The number of hydrogen-bond donors (Lipinski definition) is 1. The molecule has 6 nitrogen and oxygen atoms in total. The SMILES string of the molecule is COc1cc(C=Nc2ccccc2C(=O)O)ccc1OC(=O)CC(C)c1ccccc1. The van der Waals surface area contributed by atoms with Gasteiger partial charge in [0.1, 0.15) is 0 Å². The molecule has 0 fully saturated rings. The molecule has 3 rings (SSSR count). The van der Waals surface area contributed by atoms with E-state index in [1.807, 2.05) is 37.3 Å². The van der Waals surface area contributed by atoms with Crippen molar-refractivity contribution >= 4 is 23.8 Å².